The molecule has 0 spiro atoms. The summed E-state index contributed by atoms with van der Waals surface area (Å²) < 4.78 is 5.89. The lowest BCUT2D eigenvalue weighted by atomic mass is 10.1. The number of aromatic nitrogens is 1. The summed E-state index contributed by atoms with van der Waals surface area (Å²) >= 11 is 0. The normalized spacial score (nSPS) is 21.0. The van der Waals surface area contributed by atoms with E-state index < -0.39 is 0 Å². The summed E-state index contributed by atoms with van der Waals surface area (Å²) in [6.45, 7) is 1.99. The van der Waals surface area contributed by atoms with E-state index in [1.807, 2.05) is 31.2 Å². The highest BCUT2D eigenvalue weighted by atomic mass is 16.3. The Bertz CT molecular complexity index is 720. The van der Waals surface area contributed by atoms with Crippen molar-refractivity contribution >= 4 is 16.7 Å². The average molecular weight is 267 g/mol. The van der Waals surface area contributed by atoms with Crippen LogP contribution in [0, 0.1) is 6.92 Å². The SMILES string of the molecule is Cc1cc(CO)cc2nc(C3=C/C=C\CC/C=C\3)oc12. The van der Waals surface area contributed by atoms with E-state index >= 15 is 0 Å². The predicted octanol–water partition coefficient (Wildman–Crippen LogP) is 3.92. The van der Waals surface area contributed by atoms with Gasteiger partial charge in [0.05, 0.1) is 6.61 Å². The van der Waals surface area contributed by atoms with Gasteiger partial charge in [0, 0.05) is 5.57 Å². The van der Waals surface area contributed by atoms with Crippen LogP contribution in [0.25, 0.3) is 16.7 Å². The molecule has 0 aliphatic heterocycles. The number of benzene rings is 1. The van der Waals surface area contributed by atoms with Crippen molar-refractivity contribution in [2.24, 2.45) is 0 Å². The van der Waals surface area contributed by atoms with E-state index in [1.165, 1.54) is 0 Å². The first-order valence-electron chi connectivity index (χ1n) is 6.82. The maximum absolute atomic E-state index is 9.26. The molecule has 1 aliphatic carbocycles. The fraction of sp³-hybridized carbons (Fsp3) is 0.235. The summed E-state index contributed by atoms with van der Waals surface area (Å²) in [5.74, 6) is 0.626. The molecule has 3 nitrogen and oxygen atoms in total. The highest BCUT2D eigenvalue weighted by Crippen LogP contribution is 2.26. The molecule has 0 amide bonds. The first kappa shape index (κ1) is 12.9. The molecule has 0 bridgehead atoms. The Hall–Kier alpha value is -2.13. The van der Waals surface area contributed by atoms with E-state index in [0.717, 1.165) is 40.6 Å². The first-order valence-corrected chi connectivity index (χ1v) is 6.82. The molecule has 20 heavy (non-hydrogen) atoms. The van der Waals surface area contributed by atoms with Gasteiger partial charge in [0.25, 0.3) is 0 Å². The Morgan fingerprint density at radius 2 is 2.10 bits per heavy atom. The molecule has 0 saturated heterocycles. The van der Waals surface area contributed by atoms with Gasteiger partial charge in [0.1, 0.15) is 5.52 Å². The van der Waals surface area contributed by atoms with E-state index in [-0.39, 0.29) is 6.61 Å². The Balaban J connectivity index is 2.10. The Morgan fingerprint density at radius 1 is 1.25 bits per heavy atom. The highest BCUT2D eigenvalue weighted by Gasteiger charge is 2.11. The molecule has 3 rings (SSSR count). The molecule has 0 fully saturated rings. The molecular weight excluding hydrogens is 250 g/mol. The van der Waals surface area contributed by atoms with E-state index in [9.17, 15) is 5.11 Å². The van der Waals surface area contributed by atoms with Gasteiger partial charge < -0.3 is 9.52 Å². The van der Waals surface area contributed by atoms with Gasteiger partial charge in [-0.2, -0.15) is 0 Å². The quantitative estimate of drug-likeness (QED) is 0.897. The van der Waals surface area contributed by atoms with Crippen molar-refractivity contribution < 1.29 is 9.52 Å². The number of fused-ring (bicyclic) bond motifs is 1. The zero-order valence-electron chi connectivity index (χ0n) is 11.5. The van der Waals surface area contributed by atoms with Gasteiger partial charge in [0.15, 0.2) is 5.58 Å². The lowest BCUT2D eigenvalue weighted by molar-refractivity contribution is 0.282. The van der Waals surface area contributed by atoms with E-state index in [1.54, 1.807) is 0 Å². The van der Waals surface area contributed by atoms with Crippen molar-refractivity contribution in [2.75, 3.05) is 0 Å². The average Bonchev–Trinajstić information content (AvgIpc) is 2.82. The lowest BCUT2D eigenvalue weighted by Crippen LogP contribution is -1.85. The second-order valence-corrected chi connectivity index (χ2v) is 4.97. The smallest absolute Gasteiger partial charge is 0.227 e. The topological polar surface area (TPSA) is 46.3 Å². The molecule has 1 aromatic carbocycles. The molecular formula is C17H17NO2. The fourth-order valence-corrected chi connectivity index (χ4v) is 2.36. The van der Waals surface area contributed by atoms with Crippen LogP contribution in [0.3, 0.4) is 0 Å². The lowest BCUT2D eigenvalue weighted by Gasteiger charge is -1.98. The molecule has 1 aliphatic rings. The van der Waals surface area contributed by atoms with E-state index in [2.05, 4.69) is 23.2 Å². The number of hydrogen-bond acceptors (Lipinski definition) is 3. The van der Waals surface area contributed by atoms with Crippen molar-refractivity contribution in [3.05, 3.63) is 59.5 Å². The molecule has 0 unspecified atom stereocenters. The fourth-order valence-electron chi connectivity index (χ4n) is 2.36. The van der Waals surface area contributed by atoms with Crippen LogP contribution >= 0.6 is 0 Å². The molecule has 102 valence electrons. The summed E-state index contributed by atoms with van der Waals surface area (Å²) in [5, 5.41) is 9.26. The molecule has 1 N–H and O–H groups in total. The number of oxazole rings is 1. The van der Waals surface area contributed by atoms with Crippen LogP contribution < -0.4 is 0 Å². The van der Waals surface area contributed by atoms with Gasteiger partial charge in [-0.1, -0.05) is 24.3 Å². The Labute approximate surface area is 117 Å². The number of aliphatic hydroxyl groups is 1. The number of rotatable bonds is 2. The third kappa shape index (κ3) is 2.45. The maximum atomic E-state index is 9.26. The van der Waals surface area contributed by atoms with E-state index in [0.29, 0.717) is 5.89 Å². The van der Waals surface area contributed by atoms with E-state index in [4.69, 9.17) is 4.42 Å². The van der Waals surface area contributed by atoms with Crippen LogP contribution in [0.5, 0.6) is 0 Å². The van der Waals surface area contributed by atoms with Crippen LogP contribution in [0.4, 0.5) is 0 Å². The van der Waals surface area contributed by atoms with Crippen molar-refractivity contribution in [1.82, 2.24) is 4.98 Å². The van der Waals surface area contributed by atoms with Crippen LogP contribution in [-0.2, 0) is 6.61 Å². The zero-order chi connectivity index (χ0) is 13.9. The number of aliphatic hydroxyl groups excluding tert-OH is 1. The molecule has 0 radical (unpaired) electrons. The number of hydrogen-bond donors (Lipinski definition) is 1. The monoisotopic (exact) mass is 267 g/mol. The van der Waals surface area contributed by atoms with Crippen molar-refractivity contribution in [1.29, 1.82) is 0 Å². The molecule has 1 heterocycles. The predicted molar refractivity (Wildman–Crippen MR) is 80.2 cm³/mol. The van der Waals surface area contributed by atoms with Gasteiger partial charge >= 0.3 is 0 Å². The third-order valence-electron chi connectivity index (χ3n) is 3.37. The standard InChI is InChI=1S/C17H17NO2/c1-12-9-13(11-19)10-15-16(12)20-17(18-15)14-7-5-3-2-4-6-8-14/h3,5-10,19H,2,4,11H2,1H3/b5-3-,8-6-,14-7+. The van der Waals surface area contributed by atoms with Gasteiger partial charge in [0.2, 0.25) is 5.89 Å². The van der Waals surface area contributed by atoms with Crippen LogP contribution in [0.1, 0.15) is 29.9 Å². The van der Waals surface area contributed by atoms with Crippen LogP contribution in [0.15, 0.2) is 46.9 Å². The molecule has 2 aromatic rings. The minimum absolute atomic E-state index is 0.0182. The minimum Gasteiger partial charge on any atom is -0.436 e. The second kappa shape index (κ2) is 5.47. The Kier molecular flexibility index (Phi) is 3.52. The maximum Gasteiger partial charge on any atom is 0.227 e. The number of nitrogens with zero attached hydrogens (tertiary/aromatic N) is 1. The summed E-state index contributed by atoms with van der Waals surface area (Å²) in [6.07, 6.45) is 12.5. The number of allylic oxidation sites excluding steroid dienone is 6. The summed E-state index contributed by atoms with van der Waals surface area (Å²) in [7, 11) is 0. The summed E-state index contributed by atoms with van der Waals surface area (Å²) in [5.41, 5.74) is 4.41. The van der Waals surface area contributed by atoms with Gasteiger partial charge in [-0.15, -0.1) is 0 Å². The zero-order valence-corrected chi connectivity index (χ0v) is 11.5. The van der Waals surface area contributed by atoms with Crippen LogP contribution in [-0.4, -0.2) is 10.1 Å². The minimum atomic E-state index is 0.0182. The highest BCUT2D eigenvalue weighted by molar-refractivity contribution is 5.81. The number of aryl methyl sites for hydroxylation is 1. The molecule has 0 saturated carbocycles. The van der Waals surface area contributed by atoms with Crippen LogP contribution in [0.2, 0.25) is 0 Å². The van der Waals surface area contributed by atoms with Crippen molar-refractivity contribution in [2.45, 2.75) is 26.4 Å². The molecule has 3 heteroatoms. The first-order chi connectivity index (χ1) is 9.78. The van der Waals surface area contributed by atoms with Gasteiger partial charge in [-0.25, -0.2) is 4.98 Å². The van der Waals surface area contributed by atoms with Crippen molar-refractivity contribution in [3.8, 4) is 0 Å². The Morgan fingerprint density at radius 3 is 2.95 bits per heavy atom. The summed E-state index contributed by atoms with van der Waals surface area (Å²) in [4.78, 5) is 4.55. The largest absolute Gasteiger partial charge is 0.436 e. The van der Waals surface area contributed by atoms with Crippen molar-refractivity contribution in [3.63, 3.8) is 0 Å². The summed E-state index contributed by atoms with van der Waals surface area (Å²) in [6, 6.07) is 3.80. The second-order valence-electron chi connectivity index (χ2n) is 4.97. The van der Waals surface area contributed by atoms with Gasteiger partial charge in [-0.3, -0.25) is 0 Å². The molecule has 0 atom stereocenters. The third-order valence-corrected chi connectivity index (χ3v) is 3.37. The molecule has 1 aromatic heterocycles. The van der Waals surface area contributed by atoms with Gasteiger partial charge in [-0.05, 0) is 49.1 Å².